The molecule has 0 fully saturated rings. The maximum Gasteiger partial charge on any atom is 0.240 e. The first-order chi connectivity index (χ1) is 8.97. The van der Waals surface area contributed by atoms with Crippen LogP contribution in [0.25, 0.3) is 0 Å². The number of hydrogen-bond acceptors (Lipinski definition) is 4. The van der Waals surface area contributed by atoms with E-state index >= 15 is 0 Å². The van der Waals surface area contributed by atoms with E-state index in [1.54, 1.807) is 11.3 Å². The quantitative estimate of drug-likeness (QED) is 0.860. The highest BCUT2D eigenvalue weighted by molar-refractivity contribution is 9.11. The average molecular weight is 362 g/mol. The molecule has 1 aromatic heterocycles. The number of nitrogens with one attached hydrogen (secondary N) is 1. The van der Waals surface area contributed by atoms with Crippen molar-refractivity contribution in [3.05, 3.63) is 45.1 Å². The molecule has 1 aromatic carbocycles. The normalized spacial score (nSPS) is 11.6. The fraction of sp³-hybridized carbons (Fsp3) is 0.167. The van der Waals surface area contributed by atoms with Crippen LogP contribution in [0.1, 0.15) is 4.88 Å². The molecule has 0 unspecified atom stereocenters. The molecular weight excluding hydrogens is 350 g/mol. The van der Waals surface area contributed by atoms with Gasteiger partial charge in [-0.25, -0.2) is 13.1 Å². The Hall–Kier alpha value is -0.890. The van der Waals surface area contributed by atoms with E-state index in [1.165, 1.54) is 24.3 Å². The van der Waals surface area contributed by atoms with Crippen LogP contribution in [0.3, 0.4) is 0 Å². The summed E-state index contributed by atoms with van der Waals surface area (Å²) in [6.07, 6.45) is 0.646. The molecular formula is C12H12BrNO3S2. The molecule has 0 aliphatic heterocycles. The van der Waals surface area contributed by atoms with Crippen molar-refractivity contribution >= 4 is 37.3 Å². The molecule has 102 valence electrons. The molecule has 19 heavy (non-hydrogen) atoms. The first-order valence-electron chi connectivity index (χ1n) is 5.50. The molecule has 2 rings (SSSR count). The van der Waals surface area contributed by atoms with Gasteiger partial charge in [-0.1, -0.05) is 0 Å². The predicted molar refractivity (Wildman–Crippen MR) is 79.0 cm³/mol. The maximum atomic E-state index is 11.9. The summed E-state index contributed by atoms with van der Waals surface area (Å²) in [7, 11) is -3.51. The summed E-state index contributed by atoms with van der Waals surface area (Å²) >= 11 is 4.95. The Balaban J connectivity index is 1.96. The van der Waals surface area contributed by atoms with Gasteiger partial charge < -0.3 is 5.11 Å². The van der Waals surface area contributed by atoms with E-state index in [1.807, 2.05) is 12.1 Å². The molecule has 2 N–H and O–H groups in total. The number of phenols is 1. The number of rotatable bonds is 5. The number of sulfonamides is 1. The summed E-state index contributed by atoms with van der Waals surface area (Å²) in [5.41, 5.74) is 0. The number of thiophene rings is 1. The summed E-state index contributed by atoms with van der Waals surface area (Å²) in [5.74, 6) is 0.0439. The van der Waals surface area contributed by atoms with E-state index in [2.05, 4.69) is 20.7 Å². The van der Waals surface area contributed by atoms with Crippen molar-refractivity contribution in [3.8, 4) is 5.75 Å². The molecule has 2 aromatic rings. The fourth-order valence-electron chi connectivity index (χ4n) is 1.50. The van der Waals surface area contributed by atoms with Gasteiger partial charge in [0.15, 0.2) is 0 Å². The minimum Gasteiger partial charge on any atom is -0.508 e. The first kappa shape index (κ1) is 14.5. The molecule has 0 atom stereocenters. The lowest BCUT2D eigenvalue weighted by molar-refractivity contribution is 0.474. The Morgan fingerprint density at radius 2 is 1.84 bits per heavy atom. The smallest absolute Gasteiger partial charge is 0.240 e. The van der Waals surface area contributed by atoms with Crippen molar-refractivity contribution in [1.29, 1.82) is 0 Å². The molecule has 0 aliphatic rings. The largest absolute Gasteiger partial charge is 0.508 e. The molecule has 7 heteroatoms. The third-order valence-electron chi connectivity index (χ3n) is 2.44. The van der Waals surface area contributed by atoms with Crippen LogP contribution < -0.4 is 4.72 Å². The SMILES string of the molecule is O=S(=O)(NCCc1ccc(Br)s1)c1ccc(O)cc1. The molecule has 0 aliphatic carbocycles. The van der Waals surface area contributed by atoms with Gasteiger partial charge in [-0.2, -0.15) is 0 Å². The van der Waals surface area contributed by atoms with E-state index in [0.29, 0.717) is 13.0 Å². The molecule has 0 bridgehead atoms. The number of benzene rings is 1. The van der Waals surface area contributed by atoms with Crippen molar-refractivity contribution in [3.63, 3.8) is 0 Å². The first-order valence-corrected chi connectivity index (χ1v) is 8.59. The van der Waals surface area contributed by atoms with Crippen LogP contribution in [0.2, 0.25) is 0 Å². The van der Waals surface area contributed by atoms with Crippen molar-refractivity contribution in [2.75, 3.05) is 6.54 Å². The van der Waals surface area contributed by atoms with E-state index in [9.17, 15) is 8.42 Å². The van der Waals surface area contributed by atoms with E-state index in [-0.39, 0.29) is 10.6 Å². The Kier molecular flexibility index (Phi) is 4.62. The van der Waals surface area contributed by atoms with Crippen LogP contribution >= 0.6 is 27.3 Å². The van der Waals surface area contributed by atoms with Gasteiger partial charge in [-0.15, -0.1) is 11.3 Å². The summed E-state index contributed by atoms with van der Waals surface area (Å²) in [4.78, 5) is 1.26. The Morgan fingerprint density at radius 1 is 1.16 bits per heavy atom. The Bertz CT molecular complexity index is 650. The second kappa shape index (κ2) is 6.04. The lowest BCUT2D eigenvalue weighted by Gasteiger charge is -2.06. The highest BCUT2D eigenvalue weighted by Gasteiger charge is 2.13. The number of phenolic OH excluding ortho intramolecular Hbond substituents is 1. The summed E-state index contributed by atoms with van der Waals surface area (Å²) in [5, 5.41) is 9.13. The number of aromatic hydroxyl groups is 1. The Labute approximate surface area is 124 Å². The monoisotopic (exact) mass is 361 g/mol. The molecule has 4 nitrogen and oxygen atoms in total. The zero-order valence-electron chi connectivity index (χ0n) is 9.84. The minimum atomic E-state index is -3.51. The predicted octanol–water partition coefficient (Wildman–Crippen LogP) is 2.74. The Morgan fingerprint density at radius 3 is 2.42 bits per heavy atom. The molecule has 0 saturated carbocycles. The van der Waals surface area contributed by atoms with Crippen LogP contribution in [0, 0.1) is 0 Å². The van der Waals surface area contributed by atoms with Gasteiger partial charge in [0.1, 0.15) is 5.75 Å². The lowest BCUT2D eigenvalue weighted by atomic mass is 10.3. The van der Waals surface area contributed by atoms with Gasteiger partial charge in [-0.3, -0.25) is 0 Å². The van der Waals surface area contributed by atoms with Crippen LogP contribution in [0.5, 0.6) is 5.75 Å². The van der Waals surface area contributed by atoms with Crippen molar-refractivity contribution < 1.29 is 13.5 Å². The zero-order valence-corrected chi connectivity index (χ0v) is 13.1. The van der Waals surface area contributed by atoms with E-state index in [0.717, 1.165) is 8.66 Å². The van der Waals surface area contributed by atoms with E-state index in [4.69, 9.17) is 5.11 Å². The van der Waals surface area contributed by atoms with Gasteiger partial charge in [0.05, 0.1) is 8.68 Å². The average Bonchev–Trinajstić information content (AvgIpc) is 2.75. The maximum absolute atomic E-state index is 11.9. The van der Waals surface area contributed by atoms with E-state index < -0.39 is 10.0 Å². The number of hydrogen-bond donors (Lipinski definition) is 2. The van der Waals surface area contributed by atoms with Crippen LogP contribution in [0.15, 0.2) is 45.1 Å². The van der Waals surface area contributed by atoms with Gasteiger partial charge in [-0.05, 0) is 58.7 Å². The van der Waals surface area contributed by atoms with Crippen LogP contribution in [-0.2, 0) is 16.4 Å². The fourth-order valence-corrected chi connectivity index (χ4v) is 4.02. The summed E-state index contributed by atoms with van der Waals surface area (Å²) in [6.45, 7) is 0.343. The molecule has 0 amide bonds. The summed E-state index contributed by atoms with van der Waals surface area (Å²) < 4.78 is 27.4. The lowest BCUT2D eigenvalue weighted by Crippen LogP contribution is -2.25. The van der Waals surface area contributed by atoms with Crippen LogP contribution in [-0.4, -0.2) is 20.1 Å². The minimum absolute atomic E-state index is 0.0439. The molecule has 1 heterocycles. The third kappa shape index (κ3) is 4.04. The van der Waals surface area contributed by atoms with Crippen molar-refractivity contribution in [1.82, 2.24) is 4.72 Å². The zero-order chi connectivity index (χ0) is 13.9. The summed E-state index contributed by atoms with van der Waals surface area (Å²) in [6, 6.07) is 9.35. The molecule has 0 radical (unpaired) electrons. The number of halogens is 1. The van der Waals surface area contributed by atoms with Crippen molar-refractivity contribution in [2.24, 2.45) is 0 Å². The van der Waals surface area contributed by atoms with Gasteiger partial charge >= 0.3 is 0 Å². The second-order valence-corrected chi connectivity index (χ2v) is 8.16. The molecule has 0 spiro atoms. The highest BCUT2D eigenvalue weighted by atomic mass is 79.9. The van der Waals surface area contributed by atoms with Gasteiger partial charge in [0, 0.05) is 11.4 Å². The van der Waals surface area contributed by atoms with Gasteiger partial charge in [0.25, 0.3) is 0 Å². The third-order valence-corrected chi connectivity index (χ3v) is 5.60. The van der Waals surface area contributed by atoms with Crippen LogP contribution in [0.4, 0.5) is 0 Å². The van der Waals surface area contributed by atoms with Crippen molar-refractivity contribution in [2.45, 2.75) is 11.3 Å². The topological polar surface area (TPSA) is 66.4 Å². The highest BCUT2D eigenvalue weighted by Crippen LogP contribution is 2.22. The molecule has 0 saturated heterocycles. The standard InChI is InChI=1S/C12H12BrNO3S2/c13-12-6-3-10(18-12)7-8-14-19(16,17)11-4-1-9(15)2-5-11/h1-6,14-15H,7-8H2. The second-order valence-electron chi connectivity index (χ2n) is 3.85. The van der Waals surface area contributed by atoms with Gasteiger partial charge in [0.2, 0.25) is 10.0 Å².